The number of hydrogen-bond donors (Lipinski definition) is 0. The molecule has 0 N–H and O–H groups in total. The van der Waals surface area contributed by atoms with Crippen LogP contribution in [0.4, 0.5) is 0 Å². The molecule has 0 heterocycles. The molecule has 17 heavy (non-hydrogen) atoms. The monoisotopic (exact) mass is 244 g/mol. The van der Waals surface area contributed by atoms with Crippen molar-refractivity contribution in [2.75, 3.05) is 12.4 Å². The van der Waals surface area contributed by atoms with Gasteiger partial charge in [0, 0.05) is 10.6 Å². The predicted molar refractivity (Wildman–Crippen MR) is 73.7 cm³/mol. The Labute approximate surface area is 107 Å². The average molecular weight is 244 g/mol. The molecule has 0 aliphatic rings. The number of rotatable bonds is 6. The van der Waals surface area contributed by atoms with Crippen molar-refractivity contribution < 1.29 is 4.74 Å². The number of thioether (sulfide) groups is 1. The molecule has 0 aliphatic heterocycles. The van der Waals surface area contributed by atoms with Gasteiger partial charge < -0.3 is 4.74 Å². The highest BCUT2D eigenvalue weighted by Crippen LogP contribution is 2.18. The molecule has 0 spiro atoms. The third-order valence-corrected chi connectivity index (χ3v) is 3.41. The van der Waals surface area contributed by atoms with E-state index < -0.39 is 0 Å². The first-order valence-corrected chi connectivity index (χ1v) is 6.79. The van der Waals surface area contributed by atoms with Crippen molar-refractivity contribution in [2.45, 2.75) is 11.3 Å². The standard InChI is InChI=1S/C15H16OS/c1-3-8-14(9-4-1)16-12-7-13-17-15-10-5-2-6-11-15/h1-6,8-11H,7,12-13H2. The van der Waals surface area contributed by atoms with Gasteiger partial charge in [0.1, 0.15) is 5.75 Å². The van der Waals surface area contributed by atoms with Gasteiger partial charge in [-0.2, -0.15) is 0 Å². The second kappa shape index (κ2) is 7.02. The first-order chi connectivity index (χ1) is 8.45. The molecule has 0 aliphatic carbocycles. The molecule has 0 saturated heterocycles. The molecular formula is C15H16OS. The second-order valence-corrected chi connectivity index (χ2v) is 4.84. The first kappa shape index (κ1) is 12.1. The minimum Gasteiger partial charge on any atom is -0.494 e. The van der Waals surface area contributed by atoms with Crippen LogP contribution in [0.15, 0.2) is 65.6 Å². The molecule has 0 saturated carbocycles. The first-order valence-electron chi connectivity index (χ1n) is 5.81. The van der Waals surface area contributed by atoms with E-state index in [9.17, 15) is 0 Å². The van der Waals surface area contributed by atoms with Gasteiger partial charge in [0.25, 0.3) is 0 Å². The number of hydrogen-bond acceptors (Lipinski definition) is 2. The van der Waals surface area contributed by atoms with Gasteiger partial charge in [0.15, 0.2) is 0 Å². The van der Waals surface area contributed by atoms with Crippen LogP contribution in [0.25, 0.3) is 0 Å². The number of para-hydroxylation sites is 1. The van der Waals surface area contributed by atoms with E-state index >= 15 is 0 Å². The van der Waals surface area contributed by atoms with Gasteiger partial charge in [-0.3, -0.25) is 0 Å². The fourth-order valence-electron chi connectivity index (χ4n) is 1.47. The van der Waals surface area contributed by atoms with Crippen molar-refractivity contribution in [3.63, 3.8) is 0 Å². The van der Waals surface area contributed by atoms with Crippen molar-refractivity contribution in [3.8, 4) is 5.75 Å². The van der Waals surface area contributed by atoms with Crippen LogP contribution in [0.2, 0.25) is 0 Å². The smallest absolute Gasteiger partial charge is 0.119 e. The van der Waals surface area contributed by atoms with E-state index in [1.807, 2.05) is 48.2 Å². The molecule has 1 nitrogen and oxygen atoms in total. The minimum absolute atomic E-state index is 0.782. The van der Waals surface area contributed by atoms with Crippen molar-refractivity contribution in [2.24, 2.45) is 0 Å². The Bertz CT molecular complexity index is 372. The molecule has 0 radical (unpaired) electrons. The van der Waals surface area contributed by atoms with Gasteiger partial charge in [-0.1, -0.05) is 36.4 Å². The van der Waals surface area contributed by atoms with E-state index in [0.717, 1.165) is 24.5 Å². The fourth-order valence-corrected chi connectivity index (χ4v) is 2.32. The van der Waals surface area contributed by atoms with Gasteiger partial charge in [-0.25, -0.2) is 0 Å². The summed E-state index contributed by atoms with van der Waals surface area (Å²) in [6.07, 6.45) is 1.06. The molecule has 88 valence electrons. The zero-order valence-corrected chi connectivity index (χ0v) is 10.5. The molecule has 0 aromatic heterocycles. The Balaban J connectivity index is 1.61. The lowest BCUT2D eigenvalue weighted by Crippen LogP contribution is -1.98. The molecule has 0 amide bonds. The van der Waals surface area contributed by atoms with Crippen LogP contribution in [0.3, 0.4) is 0 Å². The van der Waals surface area contributed by atoms with Gasteiger partial charge in [-0.15, -0.1) is 11.8 Å². The lowest BCUT2D eigenvalue weighted by Gasteiger charge is -2.05. The maximum absolute atomic E-state index is 5.63. The van der Waals surface area contributed by atoms with Crippen LogP contribution in [0.1, 0.15) is 6.42 Å². The average Bonchev–Trinajstić information content (AvgIpc) is 2.41. The number of ether oxygens (including phenoxy) is 1. The molecule has 2 rings (SSSR count). The third-order valence-electron chi connectivity index (χ3n) is 2.31. The van der Waals surface area contributed by atoms with Crippen LogP contribution >= 0.6 is 11.8 Å². The molecule has 0 unspecified atom stereocenters. The molecular weight excluding hydrogens is 228 g/mol. The van der Waals surface area contributed by atoms with Crippen molar-refractivity contribution >= 4 is 11.8 Å². The molecule has 0 atom stereocenters. The maximum Gasteiger partial charge on any atom is 0.119 e. The SMILES string of the molecule is c1ccc(OCCCSc2ccccc2)cc1. The number of benzene rings is 2. The van der Waals surface area contributed by atoms with E-state index in [-0.39, 0.29) is 0 Å². The molecule has 0 fully saturated rings. The topological polar surface area (TPSA) is 9.23 Å². The summed E-state index contributed by atoms with van der Waals surface area (Å²) in [5.74, 6) is 2.05. The highest BCUT2D eigenvalue weighted by atomic mass is 32.2. The van der Waals surface area contributed by atoms with Crippen LogP contribution in [0.5, 0.6) is 5.75 Å². The third kappa shape index (κ3) is 4.53. The molecule has 2 heteroatoms. The van der Waals surface area contributed by atoms with E-state index in [0.29, 0.717) is 0 Å². The van der Waals surface area contributed by atoms with E-state index in [2.05, 4.69) is 24.3 Å². The zero-order valence-electron chi connectivity index (χ0n) is 9.71. The lowest BCUT2D eigenvalue weighted by molar-refractivity contribution is 0.319. The van der Waals surface area contributed by atoms with Gasteiger partial charge in [0.05, 0.1) is 6.61 Å². The highest BCUT2D eigenvalue weighted by Gasteiger charge is 1.94. The quantitative estimate of drug-likeness (QED) is 0.555. The Morgan fingerprint density at radius 3 is 2.18 bits per heavy atom. The Morgan fingerprint density at radius 2 is 1.47 bits per heavy atom. The van der Waals surface area contributed by atoms with Crippen LogP contribution in [-0.2, 0) is 0 Å². The van der Waals surface area contributed by atoms with E-state index in [1.165, 1.54) is 4.90 Å². The molecule has 2 aromatic carbocycles. The van der Waals surface area contributed by atoms with Crippen molar-refractivity contribution in [1.82, 2.24) is 0 Å². The van der Waals surface area contributed by atoms with Gasteiger partial charge >= 0.3 is 0 Å². The summed E-state index contributed by atoms with van der Waals surface area (Å²) in [4.78, 5) is 1.33. The second-order valence-electron chi connectivity index (χ2n) is 3.68. The lowest BCUT2D eigenvalue weighted by atomic mass is 10.3. The summed E-state index contributed by atoms with van der Waals surface area (Å²) in [7, 11) is 0. The largest absolute Gasteiger partial charge is 0.494 e. The summed E-state index contributed by atoms with van der Waals surface area (Å²) in [6.45, 7) is 0.782. The summed E-state index contributed by atoms with van der Waals surface area (Å²) >= 11 is 1.88. The predicted octanol–water partition coefficient (Wildman–Crippen LogP) is 4.25. The summed E-state index contributed by atoms with van der Waals surface area (Å²) in [5.41, 5.74) is 0. The zero-order chi connectivity index (χ0) is 11.8. The van der Waals surface area contributed by atoms with Crippen molar-refractivity contribution in [3.05, 3.63) is 60.7 Å². The van der Waals surface area contributed by atoms with Crippen LogP contribution in [-0.4, -0.2) is 12.4 Å². The normalized spacial score (nSPS) is 10.1. The summed E-state index contributed by atoms with van der Waals surface area (Å²) < 4.78 is 5.63. The van der Waals surface area contributed by atoms with Crippen molar-refractivity contribution in [1.29, 1.82) is 0 Å². The Hall–Kier alpha value is -1.41. The summed E-state index contributed by atoms with van der Waals surface area (Å²) in [5, 5.41) is 0. The molecule has 2 aromatic rings. The highest BCUT2D eigenvalue weighted by molar-refractivity contribution is 7.99. The fraction of sp³-hybridized carbons (Fsp3) is 0.200. The maximum atomic E-state index is 5.63. The Morgan fingerprint density at radius 1 is 0.824 bits per heavy atom. The van der Waals surface area contributed by atoms with Crippen LogP contribution < -0.4 is 4.74 Å². The van der Waals surface area contributed by atoms with Crippen LogP contribution in [0, 0.1) is 0 Å². The molecule has 0 bridgehead atoms. The van der Waals surface area contributed by atoms with Gasteiger partial charge in [0.2, 0.25) is 0 Å². The Kier molecular flexibility index (Phi) is 4.98. The summed E-state index contributed by atoms with van der Waals surface area (Å²) in [6, 6.07) is 20.4. The van der Waals surface area contributed by atoms with E-state index in [1.54, 1.807) is 0 Å². The minimum atomic E-state index is 0.782. The van der Waals surface area contributed by atoms with E-state index in [4.69, 9.17) is 4.74 Å². The van der Waals surface area contributed by atoms with Gasteiger partial charge in [-0.05, 0) is 30.7 Å².